The van der Waals surface area contributed by atoms with E-state index < -0.39 is 0 Å². The van der Waals surface area contributed by atoms with Gasteiger partial charge in [0.05, 0.1) is 5.84 Å². The maximum Gasteiger partial charge on any atom is 0.0967 e. The van der Waals surface area contributed by atoms with E-state index >= 15 is 0 Å². The van der Waals surface area contributed by atoms with Crippen molar-refractivity contribution >= 4 is 21.8 Å². The molecule has 2 nitrogen and oxygen atoms in total. The highest BCUT2D eigenvalue weighted by Gasteiger charge is 2.09. The summed E-state index contributed by atoms with van der Waals surface area (Å²) in [6, 6.07) is 8.77. The van der Waals surface area contributed by atoms with Crippen LogP contribution in [0.2, 0.25) is 0 Å². The zero-order valence-electron chi connectivity index (χ0n) is 10.2. The van der Waals surface area contributed by atoms with Gasteiger partial charge in [-0.1, -0.05) is 34.5 Å². The Bertz CT molecular complexity index is 401. The minimum absolute atomic E-state index is 0.323. The summed E-state index contributed by atoms with van der Waals surface area (Å²) in [5.41, 5.74) is 1.30. The van der Waals surface area contributed by atoms with E-state index in [1.54, 1.807) is 0 Å². The number of halogens is 1. The van der Waals surface area contributed by atoms with Crippen LogP contribution >= 0.6 is 15.9 Å². The molecule has 92 valence electrons. The third-order valence-electron chi connectivity index (χ3n) is 3.11. The van der Waals surface area contributed by atoms with Crippen LogP contribution in [0.4, 0.5) is 0 Å². The van der Waals surface area contributed by atoms with Gasteiger partial charge in [-0.3, -0.25) is 4.99 Å². The Morgan fingerprint density at radius 3 is 3.00 bits per heavy atom. The highest BCUT2D eigenvalue weighted by atomic mass is 79.9. The van der Waals surface area contributed by atoms with E-state index in [2.05, 4.69) is 57.4 Å². The summed E-state index contributed by atoms with van der Waals surface area (Å²) in [7, 11) is 0. The van der Waals surface area contributed by atoms with Crippen molar-refractivity contribution in [1.82, 2.24) is 5.32 Å². The highest BCUT2D eigenvalue weighted by Crippen LogP contribution is 2.18. The monoisotopic (exact) mass is 294 g/mol. The molecule has 0 aromatic heterocycles. The molecule has 0 bridgehead atoms. The maximum absolute atomic E-state index is 4.60. The van der Waals surface area contributed by atoms with Crippen LogP contribution in [-0.2, 0) is 0 Å². The minimum atomic E-state index is 0.323. The summed E-state index contributed by atoms with van der Waals surface area (Å²) in [6.07, 6.45) is 4.89. The molecule has 1 aromatic carbocycles. The number of nitrogens with zero attached hydrogens (tertiary/aromatic N) is 1. The molecule has 0 aliphatic carbocycles. The molecule has 0 saturated carbocycles. The van der Waals surface area contributed by atoms with Crippen LogP contribution in [0, 0.1) is 0 Å². The molecule has 3 heteroatoms. The first-order valence-corrected chi connectivity index (χ1v) is 7.10. The van der Waals surface area contributed by atoms with Crippen molar-refractivity contribution in [2.45, 2.75) is 38.6 Å². The topological polar surface area (TPSA) is 24.4 Å². The molecule has 1 aliphatic rings. The number of aliphatic imine (C=N–C) groups is 1. The number of benzene rings is 1. The van der Waals surface area contributed by atoms with Gasteiger partial charge in [0, 0.05) is 23.5 Å². The molecular weight excluding hydrogens is 276 g/mol. The van der Waals surface area contributed by atoms with Gasteiger partial charge in [-0.2, -0.15) is 0 Å². The Morgan fingerprint density at radius 2 is 2.18 bits per heavy atom. The van der Waals surface area contributed by atoms with Crippen molar-refractivity contribution in [3.63, 3.8) is 0 Å². The number of nitrogens with one attached hydrogen (secondary N) is 1. The molecule has 0 unspecified atom stereocenters. The molecule has 1 aromatic rings. The summed E-state index contributed by atoms with van der Waals surface area (Å²) < 4.78 is 1.13. The molecule has 0 saturated heterocycles. The predicted octanol–water partition coefficient (Wildman–Crippen LogP) is 4.07. The molecular formula is C14H19BrN2. The standard InChI is InChI=1S/C14H19BrN2/c1-11(12-6-5-7-13(15)10-12)17-14-8-3-2-4-9-16-14/h5-7,10-11H,2-4,8-9H2,1H3,(H,16,17)/t11-/m0/s1. The Hall–Kier alpha value is -0.830. The summed E-state index contributed by atoms with van der Waals surface area (Å²) >= 11 is 3.51. The first kappa shape index (κ1) is 12.6. The largest absolute Gasteiger partial charge is 0.367 e. The van der Waals surface area contributed by atoms with Crippen LogP contribution in [0.25, 0.3) is 0 Å². The molecule has 0 spiro atoms. The quantitative estimate of drug-likeness (QED) is 0.873. The highest BCUT2D eigenvalue weighted by molar-refractivity contribution is 9.10. The first-order valence-electron chi connectivity index (χ1n) is 6.31. The summed E-state index contributed by atoms with van der Waals surface area (Å²) in [6.45, 7) is 3.17. The molecule has 1 aliphatic heterocycles. The third kappa shape index (κ3) is 3.84. The average Bonchev–Trinajstić information content (AvgIpc) is 2.57. The van der Waals surface area contributed by atoms with Crippen LogP contribution in [0.5, 0.6) is 0 Å². The van der Waals surface area contributed by atoms with E-state index in [9.17, 15) is 0 Å². The molecule has 2 rings (SSSR count). The van der Waals surface area contributed by atoms with Gasteiger partial charge in [-0.05, 0) is 37.5 Å². The molecule has 0 radical (unpaired) electrons. The Morgan fingerprint density at radius 1 is 1.29 bits per heavy atom. The van der Waals surface area contributed by atoms with Crippen LogP contribution in [0.1, 0.15) is 44.2 Å². The number of rotatable bonds is 2. The van der Waals surface area contributed by atoms with Crippen molar-refractivity contribution in [1.29, 1.82) is 0 Å². The second kappa shape index (κ2) is 6.20. The normalized spacial score (nSPS) is 18.1. The fourth-order valence-electron chi connectivity index (χ4n) is 2.10. The van der Waals surface area contributed by atoms with Crippen LogP contribution in [-0.4, -0.2) is 12.4 Å². The first-order chi connectivity index (χ1) is 8.25. The molecule has 1 N–H and O–H groups in total. The average molecular weight is 295 g/mol. The summed E-state index contributed by atoms with van der Waals surface area (Å²) in [4.78, 5) is 4.60. The number of hydrogen-bond donors (Lipinski definition) is 1. The van der Waals surface area contributed by atoms with Crippen molar-refractivity contribution in [3.8, 4) is 0 Å². The number of amidine groups is 1. The molecule has 1 heterocycles. The molecule has 17 heavy (non-hydrogen) atoms. The smallest absolute Gasteiger partial charge is 0.0967 e. The van der Waals surface area contributed by atoms with Crippen LogP contribution in [0.3, 0.4) is 0 Å². The van der Waals surface area contributed by atoms with Crippen LogP contribution < -0.4 is 5.32 Å². The fraction of sp³-hybridized carbons (Fsp3) is 0.500. The van der Waals surface area contributed by atoms with Gasteiger partial charge in [0.15, 0.2) is 0 Å². The lowest BCUT2D eigenvalue weighted by atomic mass is 10.1. The summed E-state index contributed by atoms with van der Waals surface area (Å²) in [5.74, 6) is 1.18. The van der Waals surface area contributed by atoms with Gasteiger partial charge in [0.25, 0.3) is 0 Å². The van der Waals surface area contributed by atoms with Crippen LogP contribution in [0.15, 0.2) is 33.7 Å². The van der Waals surface area contributed by atoms with Gasteiger partial charge < -0.3 is 5.32 Å². The fourth-order valence-corrected chi connectivity index (χ4v) is 2.52. The van der Waals surface area contributed by atoms with Gasteiger partial charge in [-0.25, -0.2) is 0 Å². The second-order valence-corrected chi connectivity index (χ2v) is 5.48. The van der Waals surface area contributed by atoms with E-state index in [1.807, 2.05) is 0 Å². The lowest BCUT2D eigenvalue weighted by molar-refractivity contribution is 0.693. The van der Waals surface area contributed by atoms with E-state index in [-0.39, 0.29) is 0 Å². The Kier molecular flexibility index (Phi) is 4.60. The zero-order valence-corrected chi connectivity index (χ0v) is 11.8. The van der Waals surface area contributed by atoms with E-state index in [0.29, 0.717) is 6.04 Å². The molecule has 0 fully saturated rings. The Balaban J connectivity index is 2.00. The van der Waals surface area contributed by atoms with Crippen molar-refractivity contribution < 1.29 is 0 Å². The minimum Gasteiger partial charge on any atom is -0.367 e. The van der Waals surface area contributed by atoms with Gasteiger partial charge >= 0.3 is 0 Å². The second-order valence-electron chi connectivity index (χ2n) is 4.56. The third-order valence-corrected chi connectivity index (χ3v) is 3.60. The molecule has 0 amide bonds. The van der Waals surface area contributed by atoms with Crippen molar-refractivity contribution in [2.24, 2.45) is 4.99 Å². The van der Waals surface area contributed by atoms with E-state index in [1.165, 1.54) is 30.7 Å². The van der Waals surface area contributed by atoms with E-state index in [4.69, 9.17) is 0 Å². The SMILES string of the molecule is C[C@H](NC1=NCCCCC1)c1cccc(Br)c1. The van der Waals surface area contributed by atoms with Gasteiger partial charge in [0.1, 0.15) is 0 Å². The summed E-state index contributed by atoms with van der Waals surface area (Å²) in [5, 5.41) is 3.53. The van der Waals surface area contributed by atoms with Crippen molar-refractivity contribution in [2.75, 3.05) is 6.54 Å². The Labute approximate surface area is 112 Å². The zero-order chi connectivity index (χ0) is 12.1. The van der Waals surface area contributed by atoms with Gasteiger partial charge in [0.2, 0.25) is 0 Å². The van der Waals surface area contributed by atoms with Crippen molar-refractivity contribution in [3.05, 3.63) is 34.3 Å². The lowest BCUT2D eigenvalue weighted by Crippen LogP contribution is -2.26. The van der Waals surface area contributed by atoms with E-state index in [0.717, 1.165) is 17.4 Å². The lowest BCUT2D eigenvalue weighted by Gasteiger charge is -2.17. The number of hydrogen-bond acceptors (Lipinski definition) is 2. The maximum atomic E-state index is 4.60. The molecule has 1 atom stereocenters. The van der Waals surface area contributed by atoms with Gasteiger partial charge in [-0.15, -0.1) is 0 Å². The predicted molar refractivity (Wildman–Crippen MR) is 76.5 cm³/mol.